The Bertz CT molecular complexity index is 975. The average molecular weight is 326 g/mol. The predicted octanol–water partition coefficient (Wildman–Crippen LogP) is 2.57. The molecule has 3 rings (SSSR count). The number of nitrogens with one attached hydrogen (secondary N) is 2. The molecule has 0 saturated carbocycles. The number of anilines is 1. The van der Waals surface area contributed by atoms with E-state index < -0.39 is 5.82 Å². The van der Waals surface area contributed by atoms with Crippen LogP contribution in [0.25, 0.3) is 5.69 Å². The number of hydrogen-bond donors (Lipinski definition) is 2. The summed E-state index contributed by atoms with van der Waals surface area (Å²) in [6.07, 6.45) is 2.82. The second-order valence-electron chi connectivity index (χ2n) is 5.35. The van der Waals surface area contributed by atoms with Gasteiger partial charge in [0, 0.05) is 12.3 Å². The van der Waals surface area contributed by atoms with Crippen LogP contribution < -0.4 is 10.9 Å². The molecule has 0 saturated heterocycles. The Kier molecular flexibility index (Phi) is 3.99. The monoisotopic (exact) mass is 326 g/mol. The van der Waals surface area contributed by atoms with Gasteiger partial charge in [0.2, 0.25) is 5.56 Å². The lowest BCUT2D eigenvalue weighted by molar-refractivity contribution is 0.102. The summed E-state index contributed by atoms with van der Waals surface area (Å²) in [6, 6.07) is 7.61. The van der Waals surface area contributed by atoms with Gasteiger partial charge < -0.3 is 10.3 Å². The van der Waals surface area contributed by atoms with Crippen LogP contribution >= 0.6 is 0 Å². The number of H-pyrrole nitrogens is 1. The molecule has 3 aromatic rings. The number of carbonyl (C=O) groups is 1. The smallest absolute Gasteiger partial charge is 0.257 e. The summed E-state index contributed by atoms with van der Waals surface area (Å²) in [5.41, 5.74) is 2.01. The van der Waals surface area contributed by atoms with Crippen molar-refractivity contribution >= 4 is 11.6 Å². The summed E-state index contributed by atoms with van der Waals surface area (Å²) in [5, 5.41) is 6.86. The Morgan fingerprint density at radius 2 is 2.04 bits per heavy atom. The fourth-order valence-electron chi connectivity index (χ4n) is 2.41. The number of rotatable bonds is 3. The molecule has 2 N–H and O–H groups in total. The molecule has 0 unspecified atom stereocenters. The van der Waals surface area contributed by atoms with Crippen LogP contribution in [0.4, 0.5) is 10.1 Å². The lowest BCUT2D eigenvalue weighted by atomic mass is 10.1. The number of amides is 1. The number of aryl methyl sites for hydroxylation is 1. The molecule has 0 radical (unpaired) electrons. The van der Waals surface area contributed by atoms with Gasteiger partial charge in [0.1, 0.15) is 11.5 Å². The van der Waals surface area contributed by atoms with Crippen molar-refractivity contribution in [2.75, 3.05) is 5.32 Å². The highest BCUT2D eigenvalue weighted by Gasteiger charge is 2.15. The highest BCUT2D eigenvalue weighted by molar-refractivity contribution is 6.05. The Morgan fingerprint density at radius 1 is 1.29 bits per heavy atom. The van der Waals surface area contributed by atoms with Crippen LogP contribution in [0.15, 0.2) is 47.5 Å². The quantitative estimate of drug-likeness (QED) is 0.776. The largest absolute Gasteiger partial charge is 0.328 e. The number of aromatic nitrogens is 3. The van der Waals surface area contributed by atoms with Crippen molar-refractivity contribution in [2.45, 2.75) is 13.8 Å². The van der Waals surface area contributed by atoms with E-state index >= 15 is 0 Å². The molecule has 2 aromatic heterocycles. The van der Waals surface area contributed by atoms with E-state index in [0.29, 0.717) is 28.2 Å². The minimum absolute atomic E-state index is 0.271. The van der Waals surface area contributed by atoms with E-state index in [1.54, 1.807) is 32.0 Å². The van der Waals surface area contributed by atoms with E-state index in [0.717, 1.165) is 0 Å². The van der Waals surface area contributed by atoms with Gasteiger partial charge in [0.25, 0.3) is 5.91 Å². The van der Waals surface area contributed by atoms with Crippen LogP contribution in [-0.2, 0) is 0 Å². The molecule has 0 aliphatic heterocycles. The number of halogens is 1. The molecule has 0 aliphatic rings. The maximum Gasteiger partial charge on any atom is 0.257 e. The van der Waals surface area contributed by atoms with Crippen LogP contribution in [0.3, 0.4) is 0 Å². The van der Waals surface area contributed by atoms with Gasteiger partial charge in [0.15, 0.2) is 0 Å². The van der Waals surface area contributed by atoms with Gasteiger partial charge in [-0.1, -0.05) is 12.1 Å². The van der Waals surface area contributed by atoms with E-state index in [-0.39, 0.29) is 11.5 Å². The number of nitrogens with zero attached hydrogens (tertiary/aromatic N) is 2. The molecule has 6 nitrogen and oxygen atoms in total. The van der Waals surface area contributed by atoms with Crippen molar-refractivity contribution in [3.05, 3.63) is 75.7 Å². The Hall–Kier alpha value is -3.22. The van der Waals surface area contributed by atoms with Crippen molar-refractivity contribution in [1.82, 2.24) is 14.8 Å². The minimum Gasteiger partial charge on any atom is -0.328 e. The molecule has 1 amide bonds. The van der Waals surface area contributed by atoms with E-state index in [1.165, 1.54) is 29.2 Å². The van der Waals surface area contributed by atoms with Crippen molar-refractivity contribution in [3.63, 3.8) is 0 Å². The van der Waals surface area contributed by atoms with Gasteiger partial charge in [-0.25, -0.2) is 9.07 Å². The number of pyridine rings is 1. The van der Waals surface area contributed by atoms with Crippen molar-refractivity contribution in [3.8, 4) is 5.69 Å². The highest BCUT2D eigenvalue weighted by atomic mass is 19.1. The summed E-state index contributed by atoms with van der Waals surface area (Å²) in [7, 11) is 0. The molecule has 122 valence electrons. The summed E-state index contributed by atoms with van der Waals surface area (Å²) < 4.78 is 15.3. The number of aromatic amines is 1. The van der Waals surface area contributed by atoms with Crippen molar-refractivity contribution < 1.29 is 9.18 Å². The van der Waals surface area contributed by atoms with Crippen LogP contribution in [0.1, 0.15) is 21.6 Å². The maximum atomic E-state index is 13.9. The molecule has 24 heavy (non-hydrogen) atoms. The third kappa shape index (κ3) is 2.83. The number of hydrogen-bond acceptors (Lipinski definition) is 3. The molecule has 0 aliphatic carbocycles. The first kappa shape index (κ1) is 15.7. The first-order valence-corrected chi connectivity index (χ1v) is 7.27. The summed E-state index contributed by atoms with van der Waals surface area (Å²) in [6.45, 7) is 3.41. The maximum absolute atomic E-state index is 13.9. The zero-order valence-electron chi connectivity index (χ0n) is 13.1. The molecule has 2 heterocycles. The van der Waals surface area contributed by atoms with E-state index in [4.69, 9.17) is 0 Å². The fourth-order valence-corrected chi connectivity index (χ4v) is 2.41. The Labute approximate surface area is 137 Å². The highest BCUT2D eigenvalue weighted by Crippen LogP contribution is 2.21. The van der Waals surface area contributed by atoms with E-state index in [1.807, 2.05) is 0 Å². The molecule has 0 atom stereocenters. The molecule has 1 aromatic carbocycles. The first-order chi connectivity index (χ1) is 11.5. The van der Waals surface area contributed by atoms with Gasteiger partial charge in [-0.2, -0.15) is 5.10 Å². The van der Waals surface area contributed by atoms with Gasteiger partial charge in [0.05, 0.1) is 23.1 Å². The summed E-state index contributed by atoms with van der Waals surface area (Å²) in [4.78, 5) is 26.1. The van der Waals surface area contributed by atoms with Crippen molar-refractivity contribution in [2.24, 2.45) is 0 Å². The van der Waals surface area contributed by atoms with Crippen LogP contribution in [0.5, 0.6) is 0 Å². The van der Waals surface area contributed by atoms with Crippen LogP contribution in [0.2, 0.25) is 0 Å². The average Bonchev–Trinajstić information content (AvgIpc) is 2.88. The molecular weight excluding hydrogens is 311 g/mol. The van der Waals surface area contributed by atoms with E-state index in [2.05, 4.69) is 15.4 Å². The Balaban J connectivity index is 1.91. The lowest BCUT2D eigenvalue weighted by Crippen LogP contribution is -2.17. The normalized spacial score (nSPS) is 10.6. The van der Waals surface area contributed by atoms with Gasteiger partial charge in [-0.05, 0) is 31.5 Å². The van der Waals surface area contributed by atoms with Gasteiger partial charge in [-0.3, -0.25) is 9.59 Å². The third-order valence-electron chi connectivity index (χ3n) is 3.71. The topological polar surface area (TPSA) is 79.8 Å². The standard InChI is InChI=1S/C17H15FN4O2/c1-10-7-16(23)19-8-12(10)17(24)21-14-9-20-22(11(14)2)15-6-4-3-5-13(15)18/h3-9H,1-2H3,(H,19,23)(H,21,24). The molecule has 7 heteroatoms. The van der Waals surface area contributed by atoms with Gasteiger partial charge in [-0.15, -0.1) is 0 Å². The van der Waals surface area contributed by atoms with Crippen molar-refractivity contribution in [1.29, 1.82) is 0 Å². The molecular formula is C17H15FN4O2. The number of para-hydroxylation sites is 1. The summed E-state index contributed by atoms with van der Waals surface area (Å²) >= 11 is 0. The van der Waals surface area contributed by atoms with E-state index in [9.17, 15) is 14.0 Å². The second-order valence-corrected chi connectivity index (χ2v) is 5.35. The molecule has 0 bridgehead atoms. The summed E-state index contributed by atoms with van der Waals surface area (Å²) in [5.74, 6) is -0.780. The van der Waals surface area contributed by atoms with Gasteiger partial charge >= 0.3 is 0 Å². The fraction of sp³-hybridized carbons (Fsp3) is 0.118. The minimum atomic E-state index is -0.405. The zero-order chi connectivity index (χ0) is 17.3. The second kappa shape index (κ2) is 6.11. The number of benzene rings is 1. The Morgan fingerprint density at radius 3 is 2.75 bits per heavy atom. The predicted molar refractivity (Wildman–Crippen MR) is 88.0 cm³/mol. The first-order valence-electron chi connectivity index (χ1n) is 7.27. The SMILES string of the molecule is Cc1cc(=O)[nH]cc1C(=O)Nc1cnn(-c2ccccc2F)c1C. The third-order valence-corrected chi connectivity index (χ3v) is 3.71. The van der Waals surface area contributed by atoms with Crippen LogP contribution in [-0.4, -0.2) is 20.7 Å². The van der Waals surface area contributed by atoms with Crippen LogP contribution in [0, 0.1) is 19.7 Å². The number of carbonyl (C=O) groups excluding carboxylic acids is 1. The zero-order valence-corrected chi connectivity index (χ0v) is 13.1. The lowest BCUT2D eigenvalue weighted by Gasteiger charge is -2.08. The molecule has 0 spiro atoms. The molecule has 0 fully saturated rings.